The number of carboxylic acid groups (broad SMARTS) is 1. The van der Waals surface area contributed by atoms with Gasteiger partial charge in [-0.25, -0.2) is 4.79 Å². The van der Waals surface area contributed by atoms with Gasteiger partial charge in [-0.3, -0.25) is 0 Å². The van der Waals surface area contributed by atoms with Crippen LogP contribution in [-0.4, -0.2) is 16.1 Å². The van der Waals surface area contributed by atoms with Gasteiger partial charge in [0.1, 0.15) is 11.4 Å². The first-order valence-electron chi connectivity index (χ1n) is 3.43. The molecular formula is C7H5BrF3NO2. The van der Waals surface area contributed by atoms with Crippen LogP contribution in [0, 0.1) is 6.92 Å². The van der Waals surface area contributed by atoms with Gasteiger partial charge in [-0.2, -0.15) is 13.2 Å². The summed E-state index contributed by atoms with van der Waals surface area (Å²) in [6.45, 7) is 1.19. The molecule has 2 N–H and O–H groups in total. The lowest BCUT2D eigenvalue weighted by molar-refractivity contribution is -0.141. The van der Waals surface area contributed by atoms with Gasteiger partial charge in [-0.05, 0) is 28.4 Å². The molecule has 3 nitrogen and oxygen atoms in total. The van der Waals surface area contributed by atoms with Crippen molar-refractivity contribution in [2.45, 2.75) is 13.1 Å². The molecule has 1 rings (SSSR count). The van der Waals surface area contributed by atoms with Crippen molar-refractivity contribution in [3.8, 4) is 0 Å². The van der Waals surface area contributed by atoms with E-state index in [9.17, 15) is 18.0 Å². The Morgan fingerprint density at radius 1 is 1.50 bits per heavy atom. The second-order valence-corrected chi connectivity index (χ2v) is 3.41. The SMILES string of the molecule is Cc1c(C(F)(F)F)[nH]c(C(=O)O)c1Br. The Kier molecular flexibility index (Phi) is 2.62. The summed E-state index contributed by atoms with van der Waals surface area (Å²) in [5.74, 6) is -1.43. The summed E-state index contributed by atoms with van der Waals surface area (Å²) < 4.78 is 36.7. The zero-order valence-corrected chi connectivity index (χ0v) is 8.45. The quantitative estimate of drug-likeness (QED) is 0.825. The summed E-state index contributed by atoms with van der Waals surface area (Å²) in [7, 11) is 0. The molecule has 78 valence electrons. The van der Waals surface area contributed by atoms with Gasteiger partial charge in [0.2, 0.25) is 0 Å². The molecule has 1 aromatic heterocycles. The van der Waals surface area contributed by atoms with Crippen molar-refractivity contribution in [2.75, 3.05) is 0 Å². The average molecular weight is 272 g/mol. The van der Waals surface area contributed by atoms with Gasteiger partial charge < -0.3 is 10.1 Å². The molecule has 0 radical (unpaired) electrons. The van der Waals surface area contributed by atoms with Gasteiger partial charge in [0.05, 0.1) is 4.47 Å². The number of aromatic nitrogens is 1. The number of alkyl halides is 3. The predicted molar refractivity (Wildman–Crippen MR) is 45.2 cm³/mol. The highest BCUT2D eigenvalue weighted by Crippen LogP contribution is 2.35. The Hall–Kier alpha value is -0.980. The van der Waals surface area contributed by atoms with E-state index >= 15 is 0 Å². The Morgan fingerprint density at radius 2 is 2.00 bits per heavy atom. The standard InChI is InChI=1S/C7H5BrF3NO2/c1-2-3(8)4(6(13)14)12-5(2)7(9,10)11/h12H,1H3,(H,13,14). The summed E-state index contributed by atoms with van der Waals surface area (Å²) in [4.78, 5) is 12.3. The number of rotatable bonds is 1. The van der Waals surface area contributed by atoms with Crippen LogP contribution in [0.15, 0.2) is 4.47 Å². The van der Waals surface area contributed by atoms with Crippen LogP contribution in [0.2, 0.25) is 0 Å². The van der Waals surface area contributed by atoms with Gasteiger partial charge in [0.25, 0.3) is 0 Å². The van der Waals surface area contributed by atoms with Crippen molar-refractivity contribution in [2.24, 2.45) is 0 Å². The zero-order chi connectivity index (χ0) is 11.1. The number of carboxylic acids is 1. The van der Waals surface area contributed by atoms with Gasteiger partial charge >= 0.3 is 12.1 Å². The minimum atomic E-state index is -4.57. The highest BCUT2D eigenvalue weighted by atomic mass is 79.9. The monoisotopic (exact) mass is 271 g/mol. The smallest absolute Gasteiger partial charge is 0.431 e. The molecule has 1 heterocycles. The summed E-state index contributed by atoms with van der Waals surface area (Å²) in [6, 6.07) is 0. The second kappa shape index (κ2) is 3.30. The molecular weight excluding hydrogens is 267 g/mol. The van der Waals surface area contributed by atoms with E-state index in [4.69, 9.17) is 5.11 Å². The molecule has 0 aromatic carbocycles. The lowest BCUT2D eigenvalue weighted by atomic mass is 10.2. The molecule has 0 aliphatic heterocycles. The van der Waals surface area contributed by atoms with E-state index in [2.05, 4.69) is 15.9 Å². The van der Waals surface area contributed by atoms with Gasteiger partial charge in [0, 0.05) is 0 Å². The number of H-pyrrole nitrogens is 1. The largest absolute Gasteiger partial charge is 0.477 e. The number of aromatic amines is 1. The molecule has 0 aliphatic carbocycles. The molecule has 7 heteroatoms. The number of carbonyl (C=O) groups is 1. The van der Waals surface area contributed by atoms with Crippen LogP contribution in [0.3, 0.4) is 0 Å². The summed E-state index contributed by atoms with van der Waals surface area (Å²) in [5, 5.41) is 8.54. The van der Waals surface area contributed by atoms with Crippen LogP contribution >= 0.6 is 15.9 Å². The Labute approximate surface area is 85.1 Å². The molecule has 0 atom stereocenters. The highest BCUT2D eigenvalue weighted by Gasteiger charge is 2.36. The van der Waals surface area contributed by atoms with Crippen molar-refractivity contribution in [1.82, 2.24) is 4.98 Å². The molecule has 0 bridgehead atoms. The van der Waals surface area contributed by atoms with Crippen LogP contribution in [0.5, 0.6) is 0 Å². The molecule has 0 saturated heterocycles. The van der Waals surface area contributed by atoms with Crippen LogP contribution in [0.1, 0.15) is 21.7 Å². The van der Waals surface area contributed by atoms with E-state index in [1.165, 1.54) is 6.92 Å². The predicted octanol–water partition coefficient (Wildman–Crippen LogP) is 2.80. The third-order valence-corrected chi connectivity index (χ3v) is 2.66. The Balaban J connectivity index is 3.37. The summed E-state index contributed by atoms with van der Waals surface area (Å²) in [6.07, 6.45) is -4.57. The van der Waals surface area contributed by atoms with E-state index in [0.29, 0.717) is 0 Å². The molecule has 14 heavy (non-hydrogen) atoms. The highest BCUT2D eigenvalue weighted by molar-refractivity contribution is 9.10. The van der Waals surface area contributed by atoms with Gasteiger partial charge in [0.15, 0.2) is 0 Å². The number of halogens is 4. The third kappa shape index (κ3) is 1.77. The maximum atomic E-state index is 12.3. The summed E-state index contributed by atoms with van der Waals surface area (Å²) in [5.41, 5.74) is -1.69. The fraction of sp³-hybridized carbons (Fsp3) is 0.286. The second-order valence-electron chi connectivity index (χ2n) is 2.62. The molecule has 0 saturated carbocycles. The van der Waals surface area contributed by atoms with Crippen LogP contribution in [0.25, 0.3) is 0 Å². The zero-order valence-electron chi connectivity index (χ0n) is 6.87. The van der Waals surface area contributed by atoms with Crippen LogP contribution < -0.4 is 0 Å². The molecule has 0 amide bonds. The number of hydrogen-bond donors (Lipinski definition) is 2. The Morgan fingerprint density at radius 3 is 2.21 bits per heavy atom. The lowest BCUT2D eigenvalue weighted by Crippen LogP contribution is -2.08. The van der Waals surface area contributed by atoms with Crippen molar-refractivity contribution < 1.29 is 23.1 Å². The molecule has 0 spiro atoms. The number of nitrogens with one attached hydrogen (secondary N) is 1. The fourth-order valence-electron chi connectivity index (χ4n) is 1.00. The normalized spacial score (nSPS) is 11.8. The first-order chi connectivity index (χ1) is 6.25. The van der Waals surface area contributed by atoms with Crippen LogP contribution in [0.4, 0.5) is 13.2 Å². The Bertz CT molecular complexity index is 383. The van der Waals surface area contributed by atoms with Crippen LogP contribution in [-0.2, 0) is 6.18 Å². The molecule has 0 unspecified atom stereocenters. The number of hydrogen-bond acceptors (Lipinski definition) is 1. The topological polar surface area (TPSA) is 53.1 Å². The molecule has 1 aromatic rings. The minimum absolute atomic E-state index is 0.0719. The first-order valence-corrected chi connectivity index (χ1v) is 4.23. The first kappa shape index (κ1) is 11.1. The summed E-state index contributed by atoms with van der Waals surface area (Å²) >= 11 is 2.78. The van der Waals surface area contributed by atoms with Gasteiger partial charge in [-0.15, -0.1) is 0 Å². The fourth-order valence-corrected chi connectivity index (χ4v) is 1.47. The molecule has 0 fully saturated rings. The average Bonchev–Trinajstić information content (AvgIpc) is 2.28. The van der Waals surface area contributed by atoms with Crippen molar-refractivity contribution in [1.29, 1.82) is 0 Å². The van der Waals surface area contributed by atoms with E-state index in [-0.39, 0.29) is 10.0 Å². The third-order valence-electron chi connectivity index (χ3n) is 1.67. The van der Waals surface area contributed by atoms with Crippen molar-refractivity contribution in [3.63, 3.8) is 0 Å². The maximum absolute atomic E-state index is 12.3. The minimum Gasteiger partial charge on any atom is -0.477 e. The van der Waals surface area contributed by atoms with Crippen molar-refractivity contribution in [3.05, 3.63) is 21.4 Å². The van der Waals surface area contributed by atoms with E-state index in [1.807, 2.05) is 4.98 Å². The van der Waals surface area contributed by atoms with Crippen molar-refractivity contribution >= 4 is 21.9 Å². The molecule has 0 aliphatic rings. The van der Waals surface area contributed by atoms with Gasteiger partial charge in [-0.1, -0.05) is 0 Å². The number of aromatic carboxylic acids is 1. The van der Waals surface area contributed by atoms with E-state index in [1.54, 1.807) is 0 Å². The van der Waals surface area contributed by atoms with E-state index < -0.39 is 23.5 Å². The lowest BCUT2D eigenvalue weighted by Gasteiger charge is -2.04. The van der Waals surface area contributed by atoms with E-state index in [0.717, 1.165) is 0 Å². The maximum Gasteiger partial charge on any atom is 0.431 e.